The van der Waals surface area contributed by atoms with Crippen molar-refractivity contribution in [2.45, 2.75) is 25.9 Å². The Morgan fingerprint density at radius 3 is 2.40 bits per heavy atom. The number of rotatable bonds is 11. The predicted octanol–water partition coefficient (Wildman–Crippen LogP) is 5.39. The molecule has 3 aromatic heterocycles. The lowest BCUT2D eigenvalue weighted by atomic mass is 10.2. The molecule has 5 rings (SSSR count). The Bertz CT molecular complexity index is 1640. The highest BCUT2D eigenvalue weighted by molar-refractivity contribution is 7.20. The van der Waals surface area contributed by atoms with Crippen molar-refractivity contribution in [3.8, 4) is 15.6 Å². The van der Waals surface area contributed by atoms with Gasteiger partial charge in [-0.3, -0.25) is 9.59 Å². The highest BCUT2D eigenvalue weighted by Crippen LogP contribution is 2.27. The zero-order chi connectivity index (χ0) is 29.5. The lowest BCUT2D eigenvalue weighted by Crippen LogP contribution is -2.33. The van der Waals surface area contributed by atoms with Crippen molar-refractivity contribution in [1.82, 2.24) is 30.6 Å². The Morgan fingerprint density at radius 2 is 1.69 bits per heavy atom. The second kappa shape index (κ2) is 13.1. The number of hydrogen-bond donors (Lipinski definition) is 2. The summed E-state index contributed by atoms with van der Waals surface area (Å²) < 4.78 is 44.7. The van der Waals surface area contributed by atoms with Crippen LogP contribution in [0.3, 0.4) is 0 Å². The van der Waals surface area contributed by atoms with Gasteiger partial charge in [-0.15, -0.1) is 27.8 Å². The first-order valence-electron chi connectivity index (χ1n) is 12.5. The van der Waals surface area contributed by atoms with E-state index < -0.39 is 24.5 Å². The molecule has 0 radical (unpaired) electrons. The highest BCUT2D eigenvalue weighted by Gasteiger charge is 2.28. The van der Waals surface area contributed by atoms with E-state index in [1.807, 2.05) is 58.5 Å². The largest absolute Gasteiger partial charge is 0.405 e. The molecule has 9 nitrogen and oxygen atoms in total. The first kappa shape index (κ1) is 29.1. The van der Waals surface area contributed by atoms with Crippen LogP contribution in [0.2, 0.25) is 0 Å². The number of benzene rings is 2. The maximum Gasteiger partial charge on any atom is 0.405 e. The normalized spacial score (nSPS) is 11.4. The van der Waals surface area contributed by atoms with E-state index in [1.165, 1.54) is 40.3 Å². The van der Waals surface area contributed by atoms with Crippen LogP contribution in [0.5, 0.6) is 0 Å². The Morgan fingerprint density at radius 1 is 0.905 bits per heavy atom. The highest BCUT2D eigenvalue weighted by atomic mass is 32.1. The number of nitrogens with one attached hydrogen (secondary N) is 2. The first-order valence-corrected chi connectivity index (χ1v) is 14.3. The first-order chi connectivity index (χ1) is 20.3. The number of thiophene rings is 1. The SMILES string of the molecule is O=C(NCC(F)(F)F)c1ccc(-n2nnc(C(=O)NCc3csc(-c4cccs4)n3)c2COCc2ccccc2)cc1. The van der Waals surface area contributed by atoms with E-state index in [0.29, 0.717) is 17.1 Å². The number of nitrogens with zero attached hydrogens (tertiary/aromatic N) is 4. The summed E-state index contributed by atoms with van der Waals surface area (Å²) >= 11 is 3.07. The van der Waals surface area contributed by atoms with Gasteiger partial charge in [-0.05, 0) is 41.3 Å². The molecule has 0 saturated carbocycles. The molecule has 0 atom stereocenters. The molecule has 2 N–H and O–H groups in total. The fourth-order valence-corrected chi connectivity index (χ4v) is 5.48. The molecule has 0 fully saturated rings. The number of alkyl halides is 3. The number of amides is 2. The molecule has 3 heterocycles. The molecule has 0 aliphatic carbocycles. The number of hydrogen-bond acceptors (Lipinski definition) is 8. The molecule has 0 aliphatic rings. The molecule has 2 aromatic carbocycles. The molecular formula is C28H23F3N6O3S2. The second-order valence-electron chi connectivity index (χ2n) is 8.92. The van der Waals surface area contributed by atoms with Gasteiger partial charge >= 0.3 is 6.18 Å². The van der Waals surface area contributed by atoms with Crippen LogP contribution in [0, 0.1) is 0 Å². The number of ether oxygens (including phenoxy) is 1. The van der Waals surface area contributed by atoms with Crippen LogP contribution in [-0.2, 0) is 24.5 Å². The van der Waals surface area contributed by atoms with Crippen LogP contribution in [0.1, 0.15) is 37.8 Å². The van der Waals surface area contributed by atoms with Crippen molar-refractivity contribution in [2.75, 3.05) is 6.54 Å². The number of carbonyl (C=O) groups is 2. The summed E-state index contributed by atoms with van der Waals surface area (Å²) in [6.07, 6.45) is -4.52. The standard InChI is InChI=1S/C28H23F3N6O3S2/c29-28(30,31)17-33-25(38)19-8-10-21(11-9-19)37-22(15-40-14-18-5-2-1-3-6-18)24(35-36-37)26(39)32-13-20-16-42-27(34-20)23-7-4-12-41-23/h1-12,16H,13-15,17H2,(H,32,39)(H,33,38). The maximum absolute atomic E-state index is 13.2. The summed E-state index contributed by atoms with van der Waals surface area (Å²) in [5.41, 5.74) is 2.51. The van der Waals surface area contributed by atoms with Gasteiger partial charge in [0.2, 0.25) is 0 Å². The second-order valence-corrected chi connectivity index (χ2v) is 10.7. The van der Waals surface area contributed by atoms with E-state index in [9.17, 15) is 22.8 Å². The lowest BCUT2D eigenvalue weighted by molar-refractivity contribution is -0.123. The van der Waals surface area contributed by atoms with Crippen LogP contribution in [0.4, 0.5) is 13.2 Å². The van der Waals surface area contributed by atoms with Crippen molar-refractivity contribution in [3.05, 3.63) is 106 Å². The number of aromatic nitrogens is 4. The summed E-state index contributed by atoms with van der Waals surface area (Å²) in [6, 6.07) is 19.1. The summed E-state index contributed by atoms with van der Waals surface area (Å²) in [6.45, 7) is -0.999. The number of halogens is 3. The molecule has 14 heteroatoms. The summed E-state index contributed by atoms with van der Waals surface area (Å²) in [7, 11) is 0. The molecule has 0 saturated heterocycles. The average Bonchev–Trinajstić information content (AvgIpc) is 3.76. The fraction of sp³-hybridized carbons (Fsp3) is 0.179. The van der Waals surface area contributed by atoms with E-state index in [4.69, 9.17) is 4.74 Å². The van der Waals surface area contributed by atoms with Crippen LogP contribution >= 0.6 is 22.7 Å². The van der Waals surface area contributed by atoms with Gasteiger partial charge in [0.1, 0.15) is 17.2 Å². The van der Waals surface area contributed by atoms with Crippen LogP contribution in [0.15, 0.2) is 77.5 Å². The topological polar surface area (TPSA) is 111 Å². The zero-order valence-electron chi connectivity index (χ0n) is 21.8. The Kier molecular flexibility index (Phi) is 9.05. The van der Waals surface area contributed by atoms with Crippen LogP contribution in [0.25, 0.3) is 15.6 Å². The summed E-state index contributed by atoms with van der Waals surface area (Å²) in [4.78, 5) is 30.9. The van der Waals surface area contributed by atoms with Crippen molar-refractivity contribution in [3.63, 3.8) is 0 Å². The quantitative estimate of drug-likeness (QED) is 0.207. The van der Waals surface area contributed by atoms with E-state index in [-0.39, 0.29) is 31.0 Å². The number of thiazole rings is 1. The van der Waals surface area contributed by atoms with Gasteiger partial charge < -0.3 is 15.4 Å². The smallest absolute Gasteiger partial charge is 0.370 e. The van der Waals surface area contributed by atoms with Gasteiger partial charge in [-0.1, -0.05) is 41.6 Å². The molecule has 42 heavy (non-hydrogen) atoms. The van der Waals surface area contributed by atoms with E-state index >= 15 is 0 Å². The van der Waals surface area contributed by atoms with Gasteiger partial charge in [-0.2, -0.15) is 13.2 Å². The molecule has 216 valence electrons. The third-order valence-corrected chi connectivity index (χ3v) is 7.80. The van der Waals surface area contributed by atoms with E-state index in [2.05, 4.69) is 20.6 Å². The van der Waals surface area contributed by atoms with Crippen molar-refractivity contribution >= 4 is 34.5 Å². The summed E-state index contributed by atoms with van der Waals surface area (Å²) in [5.74, 6) is -1.35. The molecule has 0 spiro atoms. The van der Waals surface area contributed by atoms with Gasteiger partial charge in [-0.25, -0.2) is 9.67 Å². The minimum Gasteiger partial charge on any atom is -0.370 e. The van der Waals surface area contributed by atoms with Crippen molar-refractivity contribution in [1.29, 1.82) is 0 Å². The Balaban J connectivity index is 1.32. The lowest BCUT2D eigenvalue weighted by Gasteiger charge is -2.11. The molecule has 5 aromatic rings. The molecular weight excluding hydrogens is 589 g/mol. The van der Waals surface area contributed by atoms with Crippen LogP contribution < -0.4 is 10.6 Å². The van der Waals surface area contributed by atoms with Crippen molar-refractivity contribution in [2.24, 2.45) is 0 Å². The monoisotopic (exact) mass is 612 g/mol. The van der Waals surface area contributed by atoms with Crippen LogP contribution in [-0.4, -0.2) is 44.5 Å². The zero-order valence-corrected chi connectivity index (χ0v) is 23.4. The molecule has 0 aliphatic heterocycles. The number of carbonyl (C=O) groups excluding carboxylic acids is 2. The summed E-state index contributed by atoms with van der Waals surface area (Å²) in [5, 5.41) is 17.6. The van der Waals surface area contributed by atoms with Gasteiger partial charge in [0.05, 0.1) is 36.0 Å². The van der Waals surface area contributed by atoms with Gasteiger partial charge in [0.25, 0.3) is 11.8 Å². The molecule has 2 amide bonds. The minimum absolute atomic E-state index is 0.0162. The molecule has 0 unspecified atom stereocenters. The fourth-order valence-electron chi connectivity index (χ4n) is 3.85. The maximum atomic E-state index is 13.2. The third-order valence-electron chi connectivity index (χ3n) is 5.87. The van der Waals surface area contributed by atoms with Gasteiger partial charge in [0, 0.05) is 10.9 Å². The Hall–Kier alpha value is -4.40. The van der Waals surface area contributed by atoms with E-state index in [0.717, 1.165) is 15.4 Å². The minimum atomic E-state index is -4.52. The van der Waals surface area contributed by atoms with E-state index in [1.54, 1.807) is 11.3 Å². The van der Waals surface area contributed by atoms with Gasteiger partial charge in [0.15, 0.2) is 5.69 Å². The van der Waals surface area contributed by atoms with Crippen molar-refractivity contribution < 1.29 is 27.5 Å². The Labute approximate surface area is 246 Å². The predicted molar refractivity (Wildman–Crippen MR) is 151 cm³/mol. The average molecular weight is 613 g/mol. The molecule has 0 bridgehead atoms. The third kappa shape index (κ3) is 7.46.